The van der Waals surface area contributed by atoms with Gasteiger partial charge >= 0.3 is 0 Å². The number of aromatic nitrogens is 1. The van der Waals surface area contributed by atoms with Crippen molar-refractivity contribution in [1.82, 2.24) is 10.3 Å². The molecule has 2 amide bonds. The van der Waals surface area contributed by atoms with Gasteiger partial charge < -0.3 is 16.5 Å². The molecule has 6 N–H and O–H groups in total. The Kier molecular flexibility index (Phi) is 4.85. The Labute approximate surface area is 106 Å². The van der Waals surface area contributed by atoms with Gasteiger partial charge in [-0.15, -0.1) is 0 Å². The predicted octanol–water partition coefficient (Wildman–Crippen LogP) is -0.265. The molecule has 1 rings (SSSR count). The molecule has 0 aliphatic rings. The van der Waals surface area contributed by atoms with E-state index in [2.05, 4.69) is 31.7 Å². The fourth-order valence-corrected chi connectivity index (χ4v) is 1.45. The maximum atomic E-state index is 11.7. The number of anilines is 1. The third kappa shape index (κ3) is 4.00. The van der Waals surface area contributed by atoms with Gasteiger partial charge in [0.05, 0.1) is 5.56 Å². The molecule has 1 heterocycles. The highest BCUT2D eigenvalue weighted by Crippen LogP contribution is 2.16. The van der Waals surface area contributed by atoms with E-state index in [0.29, 0.717) is 4.47 Å². The Balaban J connectivity index is 2.73. The highest BCUT2D eigenvalue weighted by atomic mass is 79.9. The first-order chi connectivity index (χ1) is 8.04. The van der Waals surface area contributed by atoms with Crippen molar-refractivity contribution < 1.29 is 9.59 Å². The summed E-state index contributed by atoms with van der Waals surface area (Å²) >= 11 is 3.20. The summed E-state index contributed by atoms with van der Waals surface area (Å²) in [5.74, 6) is 4.63. The van der Waals surface area contributed by atoms with Crippen molar-refractivity contribution in [2.45, 2.75) is 6.42 Å². The van der Waals surface area contributed by atoms with Gasteiger partial charge in [-0.3, -0.25) is 9.59 Å². The van der Waals surface area contributed by atoms with Crippen LogP contribution in [0.4, 0.5) is 5.82 Å². The average molecular weight is 302 g/mol. The number of nitrogens with zero attached hydrogens (tertiary/aromatic N) is 1. The quantitative estimate of drug-likeness (QED) is 0.440. The first-order valence-electron chi connectivity index (χ1n) is 4.73. The van der Waals surface area contributed by atoms with Crippen LogP contribution in [0.2, 0.25) is 0 Å². The second-order valence-corrected chi connectivity index (χ2v) is 4.08. The maximum absolute atomic E-state index is 11.7. The largest absolute Gasteiger partial charge is 0.370 e. The maximum Gasteiger partial charge on any atom is 0.255 e. The summed E-state index contributed by atoms with van der Waals surface area (Å²) in [7, 11) is 0. The zero-order chi connectivity index (χ0) is 12.8. The van der Waals surface area contributed by atoms with Gasteiger partial charge in [-0.2, -0.15) is 0 Å². The Morgan fingerprint density at radius 3 is 2.76 bits per heavy atom. The highest BCUT2D eigenvalue weighted by Gasteiger charge is 2.12. The van der Waals surface area contributed by atoms with Crippen molar-refractivity contribution >= 4 is 33.6 Å². The first-order valence-corrected chi connectivity index (χ1v) is 5.52. The summed E-state index contributed by atoms with van der Waals surface area (Å²) < 4.78 is 0.650. The number of nitrogen functional groups attached to an aromatic ring is 1. The van der Waals surface area contributed by atoms with Crippen LogP contribution in [0.15, 0.2) is 16.7 Å². The minimum Gasteiger partial charge on any atom is -0.370 e. The van der Waals surface area contributed by atoms with Crippen LogP contribution in [0.5, 0.6) is 0 Å². The van der Waals surface area contributed by atoms with Crippen LogP contribution in [0, 0.1) is 0 Å². The van der Waals surface area contributed by atoms with Gasteiger partial charge in [0.1, 0.15) is 0 Å². The van der Waals surface area contributed by atoms with Crippen molar-refractivity contribution in [3.63, 3.8) is 0 Å². The lowest BCUT2D eigenvalue weighted by Crippen LogP contribution is -2.29. The second kappa shape index (κ2) is 6.16. The topological polar surface area (TPSA) is 123 Å². The molecule has 0 unspecified atom stereocenters. The van der Waals surface area contributed by atoms with Crippen molar-refractivity contribution in [1.29, 1.82) is 0 Å². The Morgan fingerprint density at radius 1 is 1.47 bits per heavy atom. The smallest absolute Gasteiger partial charge is 0.255 e. The SMILES string of the molecule is NNc1ncc(Br)cc1C(=O)NCCC(N)=O. The molecule has 0 aliphatic heterocycles. The number of rotatable bonds is 5. The number of primary amides is 1. The molecule has 0 radical (unpaired) electrons. The standard InChI is InChI=1S/C9H12BrN5O2/c10-5-3-6(8(15-12)14-4-5)9(17)13-2-1-7(11)16/h3-4H,1-2,12H2,(H2,11,16)(H,13,17)(H,14,15). The molecule has 8 heteroatoms. The molecule has 0 aliphatic carbocycles. The molecule has 17 heavy (non-hydrogen) atoms. The molecule has 0 aromatic carbocycles. The number of nitrogens with two attached hydrogens (primary N) is 2. The monoisotopic (exact) mass is 301 g/mol. The summed E-state index contributed by atoms with van der Waals surface area (Å²) in [6.07, 6.45) is 1.59. The van der Waals surface area contributed by atoms with E-state index in [1.807, 2.05) is 0 Å². The summed E-state index contributed by atoms with van der Waals surface area (Å²) in [5, 5.41) is 2.54. The lowest BCUT2D eigenvalue weighted by atomic mass is 10.2. The Morgan fingerprint density at radius 2 is 2.18 bits per heavy atom. The lowest BCUT2D eigenvalue weighted by Gasteiger charge is -2.08. The Bertz CT molecular complexity index is 437. The van der Waals surface area contributed by atoms with Crippen molar-refractivity contribution in [3.8, 4) is 0 Å². The number of hydrazine groups is 1. The van der Waals surface area contributed by atoms with Gasteiger partial charge in [-0.25, -0.2) is 10.8 Å². The number of pyridine rings is 1. The van der Waals surface area contributed by atoms with Crippen LogP contribution in [0.3, 0.4) is 0 Å². The average Bonchev–Trinajstić information content (AvgIpc) is 2.28. The molecule has 7 nitrogen and oxygen atoms in total. The van der Waals surface area contributed by atoms with Crippen molar-refractivity contribution in [2.24, 2.45) is 11.6 Å². The molecule has 0 atom stereocenters. The zero-order valence-electron chi connectivity index (χ0n) is 8.87. The summed E-state index contributed by atoms with van der Waals surface area (Å²) in [5.41, 5.74) is 7.56. The van der Waals surface area contributed by atoms with Crippen LogP contribution in [0.1, 0.15) is 16.8 Å². The zero-order valence-corrected chi connectivity index (χ0v) is 10.5. The minimum absolute atomic E-state index is 0.0819. The van der Waals surface area contributed by atoms with E-state index in [1.54, 1.807) is 6.07 Å². The molecule has 0 saturated carbocycles. The van der Waals surface area contributed by atoms with E-state index in [4.69, 9.17) is 11.6 Å². The third-order valence-electron chi connectivity index (χ3n) is 1.89. The lowest BCUT2D eigenvalue weighted by molar-refractivity contribution is -0.117. The molecule has 0 spiro atoms. The van der Waals surface area contributed by atoms with Crippen LogP contribution >= 0.6 is 15.9 Å². The molecular formula is C9H12BrN5O2. The summed E-state index contributed by atoms with van der Waals surface area (Å²) in [4.78, 5) is 26.2. The second-order valence-electron chi connectivity index (χ2n) is 3.17. The molecule has 1 aromatic rings. The van der Waals surface area contributed by atoms with Gasteiger partial charge in [0, 0.05) is 23.6 Å². The minimum atomic E-state index is -0.477. The molecule has 0 saturated heterocycles. The highest BCUT2D eigenvalue weighted by molar-refractivity contribution is 9.10. The number of amides is 2. The fraction of sp³-hybridized carbons (Fsp3) is 0.222. The van der Waals surface area contributed by atoms with Crippen molar-refractivity contribution in [2.75, 3.05) is 12.0 Å². The van der Waals surface area contributed by atoms with E-state index in [0.717, 1.165) is 0 Å². The Hall–Kier alpha value is -1.67. The summed E-state index contributed by atoms with van der Waals surface area (Å²) in [6.45, 7) is 0.171. The number of hydrogen-bond acceptors (Lipinski definition) is 5. The predicted molar refractivity (Wildman–Crippen MR) is 65.9 cm³/mol. The van der Waals surface area contributed by atoms with Crippen LogP contribution in [-0.4, -0.2) is 23.3 Å². The third-order valence-corrected chi connectivity index (χ3v) is 2.33. The van der Waals surface area contributed by atoms with E-state index in [-0.39, 0.29) is 30.3 Å². The molecule has 0 fully saturated rings. The number of carbonyl (C=O) groups is 2. The van der Waals surface area contributed by atoms with Gasteiger partial charge in [-0.1, -0.05) is 0 Å². The van der Waals surface area contributed by atoms with Gasteiger partial charge in [-0.05, 0) is 22.0 Å². The van der Waals surface area contributed by atoms with Crippen LogP contribution in [-0.2, 0) is 4.79 Å². The van der Waals surface area contributed by atoms with Crippen molar-refractivity contribution in [3.05, 3.63) is 22.3 Å². The normalized spacial score (nSPS) is 9.76. The first kappa shape index (κ1) is 13.4. The number of hydrogen-bond donors (Lipinski definition) is 4. The van der Waals surface area contributed by atoms with Gasteiger partial charge in [0.2, 0.25) is 5.91 Å². The number of carbonyl (C=O) groups excluding carboxylic acids is 2. The molecule has 1 aromatic heterocycles. The molecule has 92 valence electrons. The molecule has 0 bridgehead atoms. The number of nitrogens with one attached hydrogen (secondary N) is 2. The van der Waals surface area contributed by atoms with Gasteiger partial charge in [0.25, 0.3) is 5.91 Å². The summed E-state index contributed by atoms with van der Waals surface area (Å²) in [6, 6.07) is 1.57. The van der Waals surface area contributed by atoms with Crippen LogP contribution in [0.25, 0.3) is 0 Å². The van der Waals surface area contributed by atoms with E-state index >= 15 is 0 Å². The number of halogens is 1. The van der Waals surface area contributed by atoms with E-state index < -0.39 is 5.91 Å². The fourth-order valence-electron chi connectivity index (χ4n) is 1.12. The van der Waals surface area contributed by atoms with E-state index in [1.165, 1.54) is 6.20 Å². The van der Waals surface area contributed by atoms with Crippen LogP contribution < -0.4 is 22.3 Å². The van der Waals surface area contributed by atoms with E-state index in [9.17, 15) is 9.59 Å². The van der Waals surface area contributed by atoms with Gasteiger partial charge in [0.15, 0.2) is 5.82 Å². The molecular weight excluding hydrogens is 290 g/mol.